The summed E-state index contributed by atoms with van der Waals surface area (Å²) in [4.78, 5) is 5.98. The van der Waals surface area contributed by atoms with Gasteiger partial charge in [-0.2, -0.15) is 4.37 Å². The van der Waals surface area contributed by atoms with Gasteiger partial charge in [0.05, 0.1) is 0 Å². The van der Waals surface area contributed by atoms with E-state index in [0.717, 1.165) is 9.74 Å². The summed E-state index contributed by atoms with van der Waals surface area (Å²) in [5, 5.41) is 3.35. The molecule has 2 nitrogen and oxygen atoms in total. The number of fused-ring (bicyclic) bond motifs is 1. The van der Waals surface area contributed by atoms with Crippen molar-refractivity contribution in [2.24, 2.45) is 0 Å². The zero-order chi connectivity index (χ0) is 10.3. The standard InChI is InChI=1S/C10H9BrN2S2/c11-10-12-9(15-13-10)7-2-1-3-8-6(7)4-5-14-8/h4-5,7H,1-3H2. The van der Waals surface area contributed by atoms with Gasteiger partial charge in [0.1, 0.15) is 5.01 Å². The van der Waals surface area contributed by atoms with Crippen LogP contribution < -0.4 is 0 Å². The number of aromatic nitrogens is 2. The van der Waals surface area contributed by atoms with E-state index < -0.39 is 0 Å². The Hall–Kier alpha value is -0.260. The van der Waals surface area contributed by atoms with Gasteiger partial charge in [-0.25, -0.2) is 4.98 Å². The van der Waals surface area contributed by atoms with E-state index in [1.54, 1.807) is 0 Å². The highest BCUT2D eigenvalue weighted by atomic mass is 79.9. The van der Waals surface area contributed by atoms with Crippen LogP contribution in [0.1, 0.15) is 34.2 Å². The number of aryl methyl sites for hydroxylation is 1. The molecule has 3 rings (SSSR count). The molecule has 0 saturated carbocycles. The van der Waals surface area contributed by atoms with Crippen LogP contribution in [0.4, 0.5) is 0 Å². The molecule has 0 N–H and O–H groups in total. The van der Waals surface area contributed by atoms with Crippen LogP contribution in [0.3, 0.4) is 0 Å². The maximum Gasteiger partial charge on any atom is 0.209 e. The van der Waals surface area contributed by atoms with Crippen molar-refractivity contribution in [2.75, 3.05) is 0 Å². The normalized spacial score (nSPS) is 20.2. The molecule has 0 fully saturated rings. The lowest BCUT2D eigenvalue weighted by molar-refractivity contribution is 0.621. The molecular formula is C10H9BrN2S2. The molecule has 0 radical (unpaired) electrons. The van der Waals surface area contributed by atoms with E-state index in [-0.39, 0.29) is 0 Å². The third-order valence-corrected chi connectivity index (χ3v) is 5.18. The lowest BCUT2D eigenvalue weighted by atomic mass is 9.88. The second-order valence-corrected chi connectivity index (χ2v) is 6.14. The van der Waals surface area contributed by atoms with E-state index in [1.165, 1.54) is 41.2 Å². The number of hydrogen-bond acceptors (Lipinski definition) is 4. The Morgan fingerprint density at radius 2 is 2.40 bits per heavy atom. The Labute approximate surface area is 105 Å². The molecule has 1 aliphatic rings. The molecule has 0 saturated heterocycles. The molecule has 5 heteroatoms. The zero-order valence-corrected chi connectivity index (χ0v) is 11.2. The van der Waals surface area contributed by atoms with Crippen LogP contribution in [0.25, 0.3) is 0 Å². The van der Waals surface area contributed by atoms with Crippen LogP contribution in [0.5, 0.6) is 0 Å². The first kappa shape index (κ1) is 9.93. The lowest BCUT2D eigenvalue weighted by Gasteiger charge is -2.19. The molecule has 1 atom stereocenters. The van der Waals surface area contributed by atoms with Gasteiger partial charge in [-0.15, -0.1) is 11.3 Å². The van der Waals surface area contributed by atoms with Gasteiger partial charge >= 0.3 is 0 Å². The predicted octanol–water partition coefficient (Wildman–Crippen LogP) is 3.83. The number of nitrogens with zero attached hydrogens (tertiary/aromatic N) is 2. The molecule has 78 valence electrons. The van der Waals surface area contributed by atoms with Crippen molar-refractivity contribution >= 4 is 38.8 Å². The van der Waals surface area contributed by atoms with Gasteiger partial charge < -0.3 is 0 Å². The molecule has 0 aliphatic heterocycles. The minimum Gasteiger partial charge on any atom is -0.213 e. The fourth-order valence-electron chi connectivity index (χ4n) is 2.10. The van der Waals surface area contributed by atoms with Gasteiger partial charge in [-0.1, -0.05) is 0 Å². The van der Waals surface area contributed by atoms with Crippen LogP contribution in [-0.4, -0.2) is 9.36 Å². The highest BCUT2D eigenvalue weighted by Crippen LogP contribution is 2.39. The zero-order valence-electron chi connectivity index (χ0n) is 7.94. The molecule has 2 aromatic heterocycles. The summed E-state index contributed by atoms with van der Waals surface area (Å²) in [6.07, 6.45) is 3.73. The second-order valence-electron chi connectivity index (χ2n) is 3.65. The number of halogens is 1. The first-order valence-electron chi connectivity index (χ1n) is 4.90. The molecule has 0 bridgehead atoms. The van der Waals surface area contributed by atoms with Gasteiger partial charge in [0.15, 0.2) is 0 Å². The Kier molecular flexibility index (Phi) is 2.62. The maximum atomic E-state index is 4.44. The Morgan fingerprint density at radius 1 is 1.47 bits per heavy atom. The molecular weight excluding hydrogens is 292 g/mol. The average molecular weight is 301 g/mol. The third kappa shape index (κ3) is 1.77. The van der Waals surface area contributed by atoms with Crippen LogP contribution in [0.15, 0.2) is 16.2 Å². The molecule has 0 amide bonds. The first-order chi connectivity index (χ1) is 7.34. The summed E-state index contributed by atoms with van der Waals surface area (Å²) in [5.74, 6) is 0.490. The number of hydrogen-bond donors (Lipinski definition) is 0. The van der Waals surface area contributed by atoms with Gasteiger partial charge in [-0.3, -0.25) is 0 Å². The quantitative estimate of drug-likeness (QED) is 0.800. The fraction of sp³-hybridized carbons (Fsp3) is 0.400. The SMILES string of the molecule is Brc1nsc(C2CCCc3sccc32)n1. The summed E-state index contributed by atoms with van der Waals surface area (Å²) in [5.41, 5.74) is 1.48. The summed E-state index contributed by atoms with van der Waals surface area (Å²) in [6.45, 7) is 0. The molecule has 1 unspecified atom stereocenters. The van der Waals surface area contributed by atoms with Gasteiger partial charge in [0.25, 0.3) is 0 Å². The van der Waals surface area contributed by atoms with Crippen molar-refractivity contribution in [1.29, 1.82) is 0 Å². The lowest BCUT2D eigenvalue weighted by Crippen LogP contribution is -2.07. The molecule has 2 heterocycles. The average Bonchev–Trinajstić information content (AvgIpc) is 2.84. The van der Waals surface area contributed by atoms with Crippen molar-refractivity contribution in [3.63, 3.8) is 0 Å². The van der Waals surface area contributed by atoms with E-state index in [1.807, 2.05) is 11.3 Å². The van der Waals surface area contributed by atoms with E-state index in [0.29, 0.717) is 5.92 Å². The molecule has 0 aromatic carbocycles. The van der Waals surface area contributed by atoms with Gasteiger partial charge in [0.2, 0.25) is 4.73 Å². The number of rotatable bonds is 1. The maximum absolute atomic E-state index is 4.44. The Balaban J connectivity index is 2.02. The monoisotopic (exact) mass is 300 g/mol. The highest BCUT2D eigenvalue weighted by Gasteiger charge is 2.25. The second kappa shape index (κ2) is 3.96. The highest BCUT2D eigenvalue weighted by molar-refractivity contribution is 9.10. The first-order valence-corrected chi connectivity index (χ1v) is 7.34. The Bertz CT molecular complexity index is 477. The van der Waals surface area contributed by atoms with E-state index in [4.69, 9.17) is 0 Å². The van der Waals surface area contributed by atoms with Gasteiger partial charge in [-0.05, 0) is 63.7 Å². The minimum atomic E-state index is 0.490. The number of thiophene rings is 1. The van der Waals surface area contributed by atoms with Crippen molar-refractivity contribution in [3.8, 4) is 0 Å². The summed E-state index contributed by atoms with van der Waals surface area (Å²) >= 11 is 6.72. The molecule has 15 heavy (non-hydrogen) atoms. The topological polar surface area (TPSA) is 25.8 Å². The van der Waals surface area contributed by atoms with Crippen LogP contribution >= 0.6 is 38.8 Å². The summed E-state index contributed by atoms with van der Waals surface area (Å²) in [7, 11) is 0. The van der Waals surface area contributed by atoms with Crippen molar-refractivity contribution in [1.82, 2.24) is 9.36 Å². The van der Waals surface area contributed by atoms with Crippen LogP contribution in [0.2, 0.25) is 0 Å². The molecule has 1 aliphatic carbocycles. The predicted molar refractivity (Wildman–Crippen MR) is 66.7 cm³/mol. The Morgan fingerprint density at radius 3 is 3.20 bits per heavy atom. The van der Waals surface area contributed by atoms with Gasteiger partial charge in [0, 0.05) is 10.8 Å². The fourth-order valence-corrected chi connectivity index (χ4v) is 4.32. The van der Waals surface area contributed by atoms with Crippen molar-refractivity contribution in [3.05, 3.63) is 31.6 Å². The smallest absolute Gasteiger partial charge is 0.209 e. The summed E-state index contributed by atoms with van der Waals surface area (Å²) in [6, 6.07) is 2.25. The third-order valence-electron chi connectivity index (χ3n) is 2.77. The summed E-state index contributed by atoms with van der Waals surface area (Å²) < 4.78 is 4.93. The van der Waals surface area contributed by atoms with Crippen molar-refractivity contribution in [2.45, 2.75) is 25.2 Å². The van der Waals surface area contributed by atoms with Crippen LogP contribution in [-0.2, 0) is 6.42 Å². The van der Waals surface area contributed by atoms with E-state index >= 15 is 0 Å². The molecule has 2 aromatic rings. The minimum absolute atomic E-state index is 0.490. The van der Waals surface area contributed by atoms with Crippen LogP contribution in [0, 0.1) is 0 Å². The van der Waals surface area contributed by atoms with E-state index in [9.17, 15) is 0 Å². The largest absolute Gasteiger partial charge is 0.213 e. The molecule has 0 spiro atoms. The van der Waals surface area contributed by atoms with E-state index in [2.05, 4.69) is 36.7 Å². The van der Waals surface area contributed by atoms with Crippen molar-refractivity contribution < 1.29 is 0 Å².